The highest BCUT2D eigenvalue weighted by molar-refractivity contribution is 7.13. The predicted octanol–water partition coefficient (Wildman–Crippen LogP) is 3.58. The number of urea groups is 1. The fourth-order valence-electron chi connectivity index (χ4n) is 2.05. The third kappa shape index (κ3) is 5.37. The van der Waals surface area contributed by atoms with Crippen molar-refractivity contribution in [3.05, 3.63) is 35.8 Å². The summed E-state index contributed by atoms with van der Waals surface area (Å²) in [5, 5.41) is 17.1. The molecule has 0 aliphatic carbocycles. The molecule has 3 N–H and O–H groups in total. The first kappa shape index (κ1) is 17.0. The molecule has 2 rings (SSSR count). The summed E-state index contributed by atoms with van der Waals surface area (Å²) in [6.45, 7) is 3.59. The van der Waals surface area contributed by atoms with Gasteiger partial charge in [-0.05, 0) is 32.4 Å². The second-order valence-electron chi connectivity index (χ2n) is 5.77. The lowest BCUT2D eigenvalue weighted by Gasteiger charge is -2.25. The van der Waals surface area contributed by atoms with Gasteiger partial charge in [0, 0.05) is 34.8 Å². The zero-order valence-corrected chi connectivity index (χ0v) is 13.8. The van der Waals surface area contributed by atoms with Crippen LogP contribution in [0.3, 0.4) is 0 Å². The third-order valence-corrected chi connectivity index (χ3v) is 4.04. The Kier molecular flexibility index (Phi) is 5.33. The SMILES string of the molecule is CC(C)(CCC(=O)O)NC(=O)Nc1cccc(-c2nccs2)c1. The van der Waals surface area contributed by atoms with E-state index < -0.39 is 11.5 Å². The Balaban J connectivity index is 1.98. The highest BCUT2D eigenvalue weighted by Gasteiger charge is 2.21. The standard InChI is InChI=1S/C16H19N3O3S/c1-16(2,7-6-13(20)21)19-15(22)18-12-5-3-4-11(10-12)14-17-8-9-23-14/h3-5,8-10H,6-7H2,1-2H3,(H,20,21)(H2,18,19,22). The number of hydrogen-bond donors (Lipinski definition) is 3. The second-order valence-corrected chi connectivity index (χ2v) is 6.67. The summed E-state index contributed by atoms with van der Waals surface area (Å²) in [7, 11) is 0. The molecule has 0 atom stereocenters. The summed E-state index contributed by atoms with van der Waals surface area (Å²) >= 11 is 1.53. The summed E-state index contributed by atoms with van der Waals surface area (Å²) in [5.41, 5.74) is 0.988. The topological polar surface area (TPSA) is 91.3 Å². The van der Waals surface area contributed by atoms with Crippen LogP contribution in [0.5, 0.6) is 0 Å². The largest absolute Gasteiger partial charge is 0.481 e. The smallest absolute Gasteiger partial charge is 0.319 e. The fraction of sp³-hybridized carbons (Fsp3) is 0.312. The van der Waals surface area contributed by atoms with E-state index in [-0.39, 0.29) is 12.5 Å². The van der Waals surface area contributed by atoms with Crippen LogP contribution in [-0.2, 0) is 4.79 Å². The fourth-order valence-corrected chi connectivity index (χ4v) is 2.68. The van der Waals surface area contributed by atoms with Crippen LogP contribution in [0.25, 0.3) is 10.6 Å². The van der Waals surface area contributed by atoms with Gasteiger partial charge in [0.15, 0.2) is 0 Å². The third-order valence-electron chi connectivity index (χ3n) is 3.22. The van der Waals surface area contributed by atoms with Crippen molar-refractivity contribution in [3.63, 3.8) is 0 Å². The normalized spacial score (nSPS) is 11.0. The highest BCUT2D eigenvalue weighted by atomic mass is 32.1. The van der Waals surface area contributed by atoms with Crippen molar-refractivity contribution in [2.24, 2.45) is 0 Å². The van der Waals surface area contributed by atoms with Crippen molar-refractivity contribution in [1.29, 1.82) is 0 Å². The Bertz CT molecular complexity index is 684. The molecule has 23 heavy (non-hydrogen) atoms. The number of carboxylic acid groups (broad SMARTS) is 1. The van der Waals surface area contributed by atoms with Crippen LogP contribution in [0.4, 0.5) is 10.5 Å². The predicted molar refractivity (Wildman–Crippen MR) is 90.7 cm³/mol. The number of aliphatic carboxylic acids is 1. The summed E-state index contributed by atoms with van der Waals surface area (Å²) in [5.74, 6) is -0.878. The van der Waals surface area contributed by atoms with Gasteiger partial charge in [-0.15, -0.1) is 11.3 Å². The molecular formula is C16H19N3O3S. The van der Waals surface area contributed by atoms with Crippen LogP contribution in [0, 0.1) is 0 Å². The van der Waals surface area contributed by atoms with Gasteiger partial charge >= 0.3 is 12.0 Å². The van der Waals surface area contributed by atoms with Gasteiger partial charge in [-0.25, -0.2) is 9.78 Å². The maximum absolute atomic E-state index is 12.1. The van der Waals surface area contributed by atoms with Crippen molar-refractivity contribution in [2.75, 3.05) is 5.32 Å². The maximum atomic E-state index is 12.1. The van der Waals surface area contributed by atoms with E-state index in [9.17, 15) is 9.59 Å². The van der Waals surface area contributed by atoms with Gasteiger partial charge in [0.2, 0.25) is 0 Å². The number of rotatable bonds is 6. The number of anilines is 1. The molecule has 1 aromatic heterocycles. The Morgan fingerprint density at radius 2 is 2.13 bits per heavy atom. The van der Waals surface area contributed by atoms with Gasteiger partial charge in [0.25, 0.3) is 0 Å². The molecule has 0 saturated heterocycles. The molecule has 2 amide bonds. The van der Waals surface area contributed by atoms with E-state index in [0.29, 0.717) is 12.1 Å². The molecule has 2 aromatic rings. The van der Waals surface area contributed by atoms with E-state index in [1.165, 1.54) is 11.3 Å². The first-order valence-electron chi connectivity index (χ1n) is 7.17. The highest BCUT2D eigenvalue weighted by Crippen LogP contribution is 2.24. The number of carbonyl (C=O) groups excluding carboxylic acids is 1. The van der Waals surface area contributed by atoms with Crippen LogP contribution in [0.15, 0.2) is 35.8 Å². The van der Waals surface area contributed by atoms with Crippen molar-refractivity contribution in [1.82, 2.24) is 10.3 Å². The lowest BCUT2D eigenvalue weighted by Crippen LogP contribution is -2.45. The molecule has 0 radical (unpaired) electrons. The Morgan fingerprint density at radius 3 is 2.78 bits per heavy atom. The number of amides is 2. The van der Waals surface area contributed by atoms with E-state index in [1.54, 1.807) is 26.1 Å². The van der Waals surface area contributed by atoms with E-state index >= 15 is 0 Å². The van der Waals surface area contributed by atoms with Crippen LogP contribution in [0.1, 0.15) is 26.7 Å². The lowest BCUT2D eigenvalue weighted by atomic mass is 9.99. The van der Waals surface area contributed by atoms with E-state index in [0.717, 1.165) is 10.6 Å². The Morgan fingerprint density at radius 1 is 1.35 bits per heavy atom. The average molecular weight is 333 g/mol. The van der Waals surface area contributed by atoms with Crippen LogP contribution < -0.4 is 10.6 Å². The molecule has 1 heterocycles. The van der Waals surface area contributed by atoms with Gasteiger partial charge in [-0.3, -0.25) is 4.79 Å². The van der Waals surface area contributed by atoms with Crippen LogP contribution >= 0.6 is 11.3 Å². The molecule has 6 nitrogen and oxygen atoms in total. The molecule has 0 bridgehead atoms. The quantitative estimate of drug-likeness (QED) is 0.753. The van der Waals surface area contributed by atoms with Gasteiger partial charge in [0.05, 0.1) is 0 Å². The van der Waals surface area contributed by atoms with Crippen molar-refractivity contribution < 1.29 is 14.7 Å². The molecule has 0 aliphatic heterocycles. The summed E-state index contributed by atoms with van der Waals surface area (Å²) in [6.07, 6.45) is 2.10. The number of nitrogens with zero attached hydrogens (tertiary/aromatic N) is 1. The molecule has 7 heteroatoms. The molecule has 122 valence electrons. The van der Waals surface area contributed by atoms with Gasteiger partial charge < -0.3 is 15.7 Å². The van der Waals surface area contributed by atoms with Crippen LogP contribution in [0.2, 0.25) is 0 Å². The number of nitrogens with one attached hydrogen (secondary N) is 2. The molecule has 1 aromatic carbocycles. The van der Waals surface area contributed by atoms with Gasteiger partial charge in [-0.2, -0.15) is 0 Å². The molecule has 0 aliphatic rings. The number of carboxylic acids is 1. The number of thiazole rings is 1. The molecule has 0 saturated carbocycles. The maximum Gasteiger partial charge on any atom is 0.319 e. The minimum absolute atomic E-state index is 0.00676. The average Bonchev–Trinajstić information content (AvgIpc) is 2.99. The lowest BCUT2D eigenvalue weighted by molar-refractivity contribution is -0.137. The first-order chi connectivity index (χ1) is 10.9. The Labute approximate surface area is 138 Å². The van der Waals surface area contributed by atoms with E-state index in [1.807, 2.05) is 23.6 Å². The van der Waals surface area contributed by atoms with Crippen LogP contribution in [-0.4, -0.2) is 27.6 Å². The Hall–Kier alpha value is -2.41. The van der Waals surface area contributed by atoms with E-state index in [2.05, 4.69) is 15.6 Å². The number of benzene rings is 1. The van der Waals surface area contributed by atoms with Crippen molar-refractivity contribution >= 4 is 29.0 Å². The van der Waals surface area contributed by atoms with Gasteiger partial charge in [-0.1, -0.05) is 12.1 Å². The number of hydrogen-bond acceptors (Lipinski definition) is 4. The molecule has 0 fully saturated rings. The monoisotopic (exact) mass is 333 g/mol. The van der Waals surface area contributed by atoms with Gasteiger partial charge in [0.1, 0.15) is 5.01 Å². The second kappa shape index (κ2) is 7.23. The minimum Gasteiger partial charge on any atom is -0.481 e. The zero-order valence-electron chi connectivity index (χ0n) is 13.0. The van der Waals surface area contributed by atoms with E-state index in [4.69, 9.17) is 5.11 Å². The van der Waals surface area contributed by atoms with Crippen molar-refractivity contribution in [3.8, 4) is 10.6 Å². The van der Waals surface area contributed by atoms with Crippen molar-refractivity contribution in [2.45, 2.75) is 32.2 Å². The summed E-state index contributed by atoms with van der Waals surface area (Å²) < 4.78 is 0. The summed E-state index contributed by atoms with van der Waals surface area (Å²) in [6, 6.07) is 7.06. The summed E-state index contributed by atoms with van der Waals surface area (Å²) in [4.78, 5) is 27.0. The number of carbonyl (C=O) groups is 2. The molecule has 0 spiro atoms. The molecular weight excluding hydrogens is 314 g/mol. The first-order valence-corrected chi connectivity index (χ1v) is 8.04. The number of aromatic nitrogens is 1. The molecule has 0 unspecified atom stereocenters. The zero-order chi connectivity index (χ0) is 16.9. The minimum atomic E-state index is -0.878.